The normalized spacial score (nSPS) is 11.2. The first-order valence-corrected chi connectivity index (χ1v) is 10.8. The number of carbonyl (C=O) groups excluding carboxylic acids is 1. The zero-order chi connectivity index (χ0) is 22.6. The summed E-state index contributed by atoms with van der Waals surface area (Å²) in [7, 11) is -2.10. The van der Waals surface area contributed by atoms with E-state index in [1.807, 2.05) is 0 Å². The summed E-state index contributed by atoms with van der Waals surface area (Å²) in [6.07, 6.45) is 4.91. The van der Waals surface area contributed by atoms with Gasteiger partial charge in [-0.15, -0.1) is 0 Å². The molecule has 164 valence electrons. The van der Waals surface area contributed by atoms with Gasteiger partial charge >= 0.3 is 0 Å². The predicted molar refractivity (Wildman–Crippen MR) is 108 cm³/mol. The van der Waals surface area contributed by atoms with Gasteiger partial charge in [0.05, 0.1) is 23.0 Å². The lowest BCUT2D eigenvalue weighted by Crippen LogP contribution is -2.23. The number of anilines is 3. The highest BCUT2D eigenvalue weighted by Gasteiger charge is 2.15. The van der Waals surface area contributed by atoms with Gasteiger partial charge in [-0.3, -0.25) is 9.48 Å². The SMILES string of the molecule is CNC(=O)Cn1cc(Nc2ncc(F)c(NCc3cc(F)ccc3S(C)(=O)=O)n2)cn1. The van der Waals surface area contributed by atoms with Crippen molar-refractivity contribution in [3.05, 3.63) is 54.0 Å². The summed E-state index contributed by atoms with van der Waals surface area (Å²) in [6.45, 7) is -0.164. The molecule has 2 aromatic heterocycles. The fourth-order valence-corrected chi connectivity index (χ4v) is 3.57. The van der Waals surface area contributed by atoms with Gasteiger partial charge in [-0.2, -0.15) is 10.1 Å². The second kappa shape index (κ2) is 9.04. The number of halogens is 2. The van der Waals surface area contributed by atoms with Crippen molar-refractivity contribution in [1.29, 1.82) is 0 Å². The highest BCUT2D eigenvalue weighted by molar-refractivity contribution is 7.90. The average molecular weight is 451 g/mol. The van der Waals surface area contributed by atoms with Crippen LogP contribution in [0, 0.1) is 11.6 Å². The summed E-state index contributed by atoms with van der Waals surface area (Å²) < 4.78 is 52.9. The van der Waals surface area contributed by atoms with Crippen LogP contribution >= 0.6 is 0 Å². The molecule has 13 heteroatoms. The first-order chi connectivity index (χ1) is 14.7. The zero-order valence-corrected chi connectivity index (χ0v) is 17.4. The number of rotatable bonds is 8. The molecule has 0 atom stereocenters. The standard InChI is InChI=1S/C18H19F2N7O3S/c1-21-16(28)10-27-9-13(7-24-27)25-18-23-8-14(20)17(26-18)22-6-11-5-12(19)3-4-15(11)31(2,29)30/h3-5,7-9H,6,10H2,1-2H3,(H,21,28)(H2,22,23,25,26). The molecule has 0 saturated heterocycles. The van der Waals surface area contributed by atoms with Crippen LogP contribution in [0.3, 0.4) is 0 Å². The average Bonchev–Trinajstić information content (AvgIpc) is 3.14. The van der Waals surface area contributed by atoms with E-state index in [2.05, 4.69) is 31.0 Å². The number of nitrogens with zero attached hydrogens (tertiary/aromatic N) is 4. The Morgan fingerprint density at radius 1 is 1.23 bits per heavy atom. The van der Waals surface area contributed by atoms with Crippen LogP contribution in [-0.4, -0.2) is 47.4 Å². The van der Waals surface area contributed by atoms with Gasteiger partial charge in [-0.25, -0.2) is 22.2 Å². The minimum atomic E-state index is -3.61. The monoisotopic (exact) mass is 451 g/mol. The van der Waals surface area contributed by atoms with Crippen molar-refractivity contribution in [2.45, 2.75) is 18.0 Å². The molecule has 0 fully saturated rings. The Morgan fingerprint density at radius 2 is 2.00 bits per heavy atom. The van der Waals surface area contributed by atoms with Gasteiger partial charge in [0.1, 0.15) is 12.4 Å². The number of likely N-dealkylation sites (N-methyl/N-ethyl adjacent to an activating group) is 1. The van der Waals surface area contributed by atoms with Crippen LogP contribution in [0.1, 0.15) is 5.56 Å². The molecular weight excluding hydrogens is 432 g/mol. The summed E-state index contributed by atoms with van der Waals surface area (Å²) in [6, 6.07) is 3.25. The third kappa shape index (κ3) is 5.72. The minimum Gasteiger partial charge on any atom is -0.363 e. The Morgan fingerprint density at radius 3 is 2.71 bits per heavy atom. The maximum absolute atomic E-state index is 14.1. The molecule has 1 aromatic carbocycles. The molecule has 0 spiro atoms. The Balaban J connectivity index is 1.75. The van der Waals surface area contributed by atoms with Crippen molar-refractivity contribution in [1.82, 2.24) is 25.1 Å². The van der Waals surface area contributed by atoms with Crippen LogP contribution in [0.4, 0.5) is 26.2 Å². The predicted octanol–water partition coefficient (Wildman–Crippen LogP) is 1.46. The molecule has 3 rings (SSSR count). The fraction of sp³-hybridized carbons (Fsp3) is 0.222. The lowest BCUT2D eigenvalue weighted by atomic mass is 10.2. The van der Waals surface area contributed by atoms with E-state index in [-0.39, 0.29) is 41.2 Å². The van der Waals surface area contributed by atoms with Gasteiger partial charge in [0, 0.05) is 26.0 Å². The van der Waals surface area contributed by atoms with E-state index < -0.39 is 21.5 Å². The van der Waals surface area contributed by atoms with Crippen molar-refractivity contribution in [2.24, 2.45) is 0 Å². The maximum Gasteiger partial charge on any atom is 0.241 e. The molecule has 0 aliphatic carbocycles. The quantitative estimate of drug-likeness (QED) is 0.439. The maximum atomic E-state index is 14.1. The van der Waals surface area contributed by atoms with E-state index in [4.69, 9.17) is 0 Å². The van der Waals surface area contributed by atoms with Gasteiger partial charge in [-0.1, -0.05) is 0 Å². The summed E-state index contributed by atoms with van der Waals surface area (Å²) in [5, 5.41) is 12.0. The number of nitrogens with one attached hydrogen (secondary N) is 3. The van der Waals surface area contributed by atoms with Crippen molar-refractivity contribution in [2.75, 3.05) is 23.9 Å². The molecular formula is C18H19F2N7O3S. The second-order valence-electron chi connectivity index (χ2n) is 6.49. The number of hydrogen-bond acceptors (Lipinski definition) is 8. The number of carbonyl (C=O) groups is 1. The number of amides is 1. The van der Waals surface area contributed by atoms with E-state index in [1.165, 1.54) is 17.9 Å². The molecule has 0 aliphatic rings. The molecule has 31 heavy (non-hydrogen) atoms. The number of benzene rings is 1. The lowest BCUT2D eigenvalue weighted by molar-refractivity contribution is -0.121. The van der Waals surface area contributed by atoms with Gasteiger partial charge < -0.3 is 16.0 Å². The summed E-state index contributed by atoms with van der Waals surface area (Å²) in [5.74, 6) is -1.81. The molecule has 3 aromatic rings. The highest BCUT2D eigenvalue weighted by atomic mass is 32.2. The topological polar surface area (TPSA) is 131 Å². The molecule has 2 heterocycles. The molecule has 1 amide bonds. The van der Waals surface area contributed by atoms with Crippen molar-refractivity contribution >= 4 is 33.2 Å². The summed E-state index contributed by atoms with van der Waals surface area (Å²) in [4.78, 5) is 19.2. The molecule has 0 aliphatic heterocycles. The van der Waals surface area contributed by atoms with E-state index in [0.717, 1.165) is 30.7 Å². The summed E-state index contributed by atoms with van der Waals surface area (Å²) in [5.41, 5.74) is 0.594. The number of sulfone groups is 1. The van der Waals surface area contributed by atoms with E-state index in [1.54, 1.807) is 6.20 Å². The van der Waals surface area contributed by atoms with Crippen LogP contribution in [0.25, 0.3) is 0 Å². The van der Waals surface area contributed by atoms with Crippen molar-refractivity contribution in [3.63, 3.8) is 0 Å². The third-order valence-electron chi connectivity index (χ3n) is 4.09. The number of aromatic nitrogens is 4. The Kier molecular flexibility index (Phi) is 6.44. The van der Waals surface area contributed by atoms with Crippen LogP contribution in [0.15, 0.2) is 41.7 Å². The van der Waals surface area contributed by atoms with Gasteiger partial charge in [-0.05, 0) is 23.8 Å². The van der Waals surface area contributed by atoms with Gasteiger partial charge in [0.15, 0.2) is 21.5 Å². The largest absolute Gasteiger partial charge is 0.363 e. The Bertz CT molecular complexity index is 1210. The molecule has 10 nitrogen and oxygen atoms in total. The van der Waals surface area contributed by atoms with Gasteiger partial charge in [0.2, 0.25) is 11.9 Å². The van der Waals surface area contributed by atoms with Crippen LogP contribution in [0.2, 0.25) is 0 Å². The smallest absolute Gasteiger partial charge is 0.241 e. The highest BCUT2D eigenvalue weighted by Crippen LogP contribution is 2.20. The first-order valence-electron chi connectivity index (χ1n) is 8.90. The lowest BCUT2D eigenvalue weighted by Gasteiger charge is -2.11. The second-order valence-corrected chi connectivity index (χ2v) is 8.48. The molecule has 3 N–H and O–H groups in total. The fourth-order valence-electron chi connectivity index (χ4n) is 2.65. The molecule has 0 saturated carbocycles. The van der Waals surface area contributed by atoms with Gasteiger partial charge in [0.25, 0.3) is 0 Å². The Hall–Kier alpha value is -3.61. The summed E-state index contributed by atoms with van der Waals surface area (Å²) >= 11 is 0. The zero-order valence-electron chi connectivity index (χ0n) is 16.6. The van der Waals surface area contributed by atoms with Crippen LogP contribution in [0.5, 0.6) is 0 Å². The Labute approximate surface area is 176 Å². The van der Waals surface area contributed by atoms with Crippen LogP contribution < -0.4 is 16.0 Å². The first kappa shape index (κ1) is 22.1. The van der Waals surface area contributed by atoms with E-state index >= 15 is 0 Å². The van der Waals surface area contributed by atoms with E-state index in [9.17, 15) is 22.0 Å². The molecule has 0 bridgehead atoms. The van der Waals surface area contributed by atoms with Crippen molar-refractivity contribution < 1.29 is 22.0 Å². The number of hydrogen-bond donors (Lipinski definition) is 3. The minimum absolute atomic E-state index is 0.0194. The van der Waals surface area contributed by atoms with Crippen LogP contribution in [-0.2, 0) is 27.7 Å². The molecule has 0 unspecified atom stereocenters. The third-order valence-corrected chi connectivity index (χ3v) is 5.28. The molecule has 0 radical (unpaired) electrons. The van der Waals surface area contributed by atoms with Crippen molar-refractivity contribution in [3.8, 4) is 0 Å². The van der Waals surface area contributed by atoms with E-state index in [0.29, 0.717) is 5.69 Å².